The standard InChI is InChI=1S/C25H25N3O3/c1-15(18-5-7-19(31-2)8-6-18)11-17-12-21-20-9-3-16(4-10-23(29)30)13-22(20)28-25(26)24(21)27-14-17/h3,5-9,12-15H,4,10-11H2,1-2H3,(H2,26,28)(H,29,30). The van der Waals surface area contributed by atoms with Crippen molar-refractivity contribution in [2.75, 3.05) is 12.8 Å². The van der Waals surface area contributed by atoms with Gasteiger partial charge in [0, 0.05) is 23.4 Å². The van der Waals surface area contributed by atoms with E-state index in [0.717, 1.165) is 39.6 Å². The zero-order chi connectivity index (χ0) is 22.0. The smallest absolute Gasteiger partial charge is 0.303 e. The molecule has 0 radical (unpaired) electrons. The molecule has 0 saturated heterocycles. The first-order valence-corrected chi connectivity index (χ1v) is 10.3. The molecule has 1 atom stereocenters. The summed E-state index contributed by atoms with van der Waals surface area (Å²) in [5.41, 5.74) is 10.9. The first-order valence-electron chi connectivity index (χ1n) is 10.3. The molecule has 0 spiro atoms. The first kappa shape index (κ1) is 20.6. The van der Waals surface area contributed by atoms with Crippen LogP contribution in [0, 0.1) is 0 Å². The molecule has 1 unspecified atom stereocenters. The Bertz CT molecular complexity index is 1250. The number of methoxy groups -OCH3 is 1. The molecule has 158 valence electrons. The summed E-state index contributed by atoms with van der Waals surface area (Å²) in [7, 11) is 1.67. The minimum atomic E-state index is -0.814. The minimum Gasteiger partial charge on any atom is -0.497 e. The number of pyridine rings is 2. The summed E-state index contributed by atoms with van der Waals surface area (Å²) in [6, 6.07) is 16.1. The van der Waals surface area contributed by atoms with Crippen LogP contribution in [0.1, 0.15) is 36.0 Å². The number of carbonyl (C=O) groups is 1. The Labute approximate surface area is 180 Å². The van der Waals surface area contributed by atoms with Crippen molar-refractivity contribution in [3.05, 3.63) is 71.4 Å². The number of benzene rings is 2. The number of fused-ring (bicyclic) bond motifs is 3. The second-order valence-electron chi connectivity index (χ2n) is 7.86. The van der Waals surface area contributed by atoms with E-state index in [0.29, 0.717) is 23.7 Å². The maximum absolute atomic E-state index is 10.9. The quantitative estimate of drug-likeness (QED) is 0.423. The first-order chi connectivity index (χ1) is 14.9. The number of carboxylic acids is 1. The molecule has 2 heterocycles. The number of hydrogen-bond acceptors (Lipinski definition) is 5. The van der Waals surface area contributed by atoms with Gasteiger partial charge in [-0.15, -0.1) is 0 Å². The SMILES string of the molecule is COc1ccc(C(C)Cc2cnc3c(N)nc4cc(CCC(=O)O)ccc4c3c2)cc1. The predicted molar refractivity (Wildman–Crippen MR) is 123 cm³/mol. The molecule has 0 bridgehead atoms. The summed E-state index contributed by atoms with van der Waals surface area (Å²) >= 11 is 0. The average molecular weight is 415 g/mol. The molecule has 0 saturated carbocycles. The number of nitrogen functional groups attached to an aromatic ring is 1. The van der Waals surface area contributed by atoms with Gasteiger partial charge in [0.2, 0.25) is 0 Å². The fourth-order valence-electron chi connectivity index (χ4n) is 3.92. The third kappa shape index (κ3) is 4.43. The van der Waals surface area contributed by atoms with E-state index in [1.807, 2.05) is 36.5 Å². The van der Waals surface area contributed by atoms with E-state index >= 15 is 0 Å². The highest BCUT2D eigenvalue weighted by molar-refractivity contribution is 6.08. The number of aromatic nitrogens is 2. The van der Waals surface area contributed by atoms with Crippen molar-refractivity contribution in [1.29, 1.82) is 0 Å². The number of anilines is 1. The molecule has 2 aromatic heterocycles. The zero-order valence-electron chi connectivity index (χ0n) is 17.6. The largest absolute Gasteiger partial charge is 0.497 e. The molecule has 0 aliphatic heterocycles. The summed E-state index contributed by atoms with van der Waals surface area (Å²) in [6.07, 6.45) is 3.26. The van der Waals surface area contributed by atoms with Crippen LogP contribution < -0.4 is 10.5 Å². The van der Waals surface area contributed by atoms with Crippen molar-refractivity contribution in [3.8, 4) is 5.75 Å². The van der Waals surface area contributed by atoms with Gasteiger partial charge in [0.1, 0.15) is 11.3 Å². The van der Waals surface area contributed by atoms with Crippen LogP contribution in [0.5, 0.6) is 5.75 Å². The molecule has 4 rings (SSSR count). The highest BCUT2D eigenvalue weighted by atomic mass is 16.5. The van der Waals surface area contributed by atoms with Gasteiger partial charge in [-0.3, -0.25) is 9.78 Å². The van der Waals surface area contributed by atoms with Crippen molar-refractivity contribution in [2.24, 2.45) is 0 Å². The van der Waals surface area contributed by atoms with E-state index in [1.165, 1.54) is 5.56 Å². The number of aliphatic carboxylic acids is 1. The van der Waals surface area contributed by atoms with Crippen molar-refractivity contribution >= 4 is 33.6 Å². The number of carboxylic acid groups (broad SMARTS) is 1. The lowest BCUT2D eigenvalue weighted by Crippen LogP contribution is -2.01. The maximum Gasteiger partial charge on any atom is 0.303 e. The predicted octanol–water partition coefficient (Wildman–Crippen LogP) is 4.74. The van der Waals surface area contributed by atoms with E-state index in [-0.39, 0.29) is 6.42 Å². The third-order valence-electron chi connectivity index (χ3n) is 5.63. The van der Waals surface area contributed by atoms with Crippen LogP contribution >= 0.6 is 0 Å². The molecule has 0 aliphatic rings. The lowest BCUT2D eigenvalue weighted by Gasteiger charge is -2.14. The van der Waals surface area contributed by atoms with Gasteiger partial charge in [-0.2, -0.15) is 0 Å². The van der Waals surface area contributed by atoms with Crippen LogP contribution in [0.3, 0.4) is 0 Å². The lowest BCUT2D eigenvalue weighted by molar-refractivity contribution is -0.136. The van der Waals surface area contributed by atoms with E-state index in [1.54, 1.807) is 7.11 Å². The van der Waals surface area contributed by atoms with E-state index in [2.05, 4.69) is 35.1 Å². The topological polar surface area (TPSA) is 98.3 Å². The van der Waals surface area contributed by atoms with Gasteiger partial charge in [0.05, 0.1) is 12.6 Å². The molecular formula is C25H25N3O3. The maximum atomic E-state index is 10.9. The Hall–Kier alpha value is -3.67. The molecule has 4 aromatic rings. The van der Waals surface area contributed by atoms with Crippen LogP contribution in [0.15, 0.2) is 54.7 Å². The van der Waals surface area contributed by atoms with Gasteiger partial charge >= 0.3 is 5.97 Å². The Morgan fingerprint density at radius 3 is 2.58 bits per heavy atom. The highest BCUT2D eigenvalue weighted by Crippen LogP contribution is 2.30. The number of rotatable bonds is 7. The Morgan fingerprint density at radius 2 is 1.87 bits per heavy atom. The van der Waals surface area contributed by atoms with Crippen molar-refractivity contribution in [2.45, 2.75) is 32.1 Å². The van der Waals surface area contributed by atoms with Gasteiger partial charge < -0.3 is 15.6 Å². The number of nitrogens with zero attached hydrogens (tertiary/aromatic N) is 2. The van der Waals surface area contributed by atoms with E-state index in [4.69, 9.17) is 15.6 Å². The van der Waals surface area contributed by atoms with Crippen LogP contribution in [0.4, 0.5) is 5.82 Å². The van der Waals surface area contributed by atoms with E-state index in [9.17, 15) is 4.79 Å². The summed E-state index contributed by atoms with van der Waals surface area (Å²) in [5, 5.41) is 10.9. The fraction of sp³-hybridized carbons (Fsp3) is 0.240. The van der Waals surface area contributed by atoms with Gasteiger partial charge in [0.25, 0.3) is 0 Å². The number of ether oxygens (including phenoxy) is 1. The molecule has 6 nitrogen and oxygen atoms in total. The summed E-state index contributed by atoms with van der Waals surface area (Å²) < 4.78 is 5.25. The van der Waals surface area contributed by atoms with Gasteiger partial charge in [0.15, 0.2) is 5.82 Å². The number of hydrogen-bond donors (Lipinski definition) is 2. The number of nitrogens with two attached hydrogens (primary N) is 1. The molecular weight excluding hydrogens is 390 g/mol. The van der Waals surface area contributed by atoms with Gasteiger partial charge in [-0.05, 0) is 59.7 Å². The molecule has 31 heavy (non-hydrogen) atoms. The molecule has 3 N–H and O–H groups in total. The third-order valence-corrected chi connectivity index (χ3v) is 5.63. The molecule has 2 aromatic carbocycles. The number of aryl methyl sites for hydroxylation is 1. The Kier molecular flexibility index (Phi) is 5.71. The summed E-state index contributed by atoms with van der Waals surface area (Å²) in [5.74, 6) is 0.734. The lowest BCUT2D eigenvalue weighted by atomic mass is 9.93. The Balaban J connectivity index is 1.67. The van der Waals surface area contributed by atoms with Gasteiger partial charge in [-0.1, -0.05) is 31.2 Å². The van der Waals surface area contributed by atoms with Crippen molar-refractivity contribution < 1.29 is 14.6 Å². The minimum absolute atomic E-state index is 0.0868. The normalized spacial score (nSPS) is 12.2. The molecule has 6 heteroatoms. The van der Waals surface area contributed by atoms with Crippen LogP contribution in [0.2, 0.25) is 0 Å². The summed E-state index contributed by atoms with van der Waals surface area (Å²) in [4.78, 5) is 20.0. The van der Waals surface area contributed by atoms with E-state index < -0.39 is 5.97 Å². The molecule has 0 amide bonds. The van der Waals surface area contributed by atoms with Crippen molar-refractivity contribution in [1.82, 2.24) is 9.97 Å². The zero-order valence-corrected chi connectivity index (χ0v) is 17.6. The second kappa shape index (κ2) is 8.60. The molecule has 0 fully saturated rings. The average Bonchev–Trinajstić information content (AvgIpc) is 2.77. The Morgan fingerprint density at radius 1 is 1.10 bits per heavy atom. The fourth-order valence-corrected chi connectivity index (χ4v) is 3.92. The van der Waals surface area contributed by atoms with Gasteiger partial charge in [-0.25, -0.2) is 4.98 Å². The molecule has 0 aliphatic carbocycles. The van der Waals surface area contributed by atoms with Crippen LogP contribution in [0.25, 0.3) is 21.8 Å². The second-order valence-corrected chi connectivity index (χ2v) is 7.86. The highest BCUT2D eigenvalue weighted by Gasteiger charge is 2.12. The van der Waals surface area contributed by atoms with Crippen LogP contribution in [-0.4, -0.2) is 28.2 Å². The summed E-state index contributed by atoms with van der Waals surface area (Å²) in [6.45, 7) is 2.19. The van der Waals surface area contributed by atoms with Crippen LogP contribution in [-0.2, 0) is 17.6 Å². The van der Waals surface area contributed by atoms with Crippen molar-refractivity contribution in [3.63, 3.8) is 0 Å². The monoisotopic (exact) mass is 415 g/mol.